The Morgan fingerprint density at radius 2 is 1.88 bits per heavy atom. The van der Waals surface area contributed by atoms with Gasteiger partial charge in [0.05, 0.1) is 16.8 Å². The molecule has 3 unspecified atom stereocenters. The van der Waals surface area contributed by atoms with Crippen LogP contribution in [0.15, 0.2) is 0 Å². The van der Waals surface area contributed by atoms with Gasteiger partial charge in [0, 0.05) is 12.5 Å². The molecule has 1 heterocycles. The van der Waals surface area contributed by atoms with Crippen molar-refractivity contribution in [2.24, 2.45) is 23.0 Å². The van der Waals surface area contributed by atoms with Gasteiger partial charge in [-0.3, -0.25) is 14.5 Å². The van der Waals surface area contributed by atoms with E-state index in [1.54, 1.807) is 0 Å². The summed E-state index contributed by atoms with van der Waals surface area (Å²) < 4.78 is 0. The molecular formula is C11H16N2O2S. The van der Waals surface area contributed by atoms with Gasteiger partial charge in [-0.05, 0) is 12.3 Å². The molecule has 0 spiro atoms. The Bertz CT molecular complexity index is 367. The molecule has 1 aliphatic heterocycles. The summed E-state index contributed by atoms with van der Waals surface area (Å²) in [7, 11) is 0. The molecule has 88 valence electrons. The van der Waals surface area contributed by atoms with Gasteiger partial charge in [-0.25, -0.2) is 0 Å². The minimum atomic E-state index is -0.207. The first kappa shape index (κ1) is 11.5. The minimum absolute atomic E-state index is 0.0521. The van der Waals surface area contributed by atoms with E-state index in [2.05, 4.69) is 0 Å². The number of hydrogen-bond donors (Lipinski definition) is 1. The number of thiocarbonyl (C=S) groups is 1. The summed E-state index contributed by atoms with van der Waals surface area (Å²) in [4.78, 5) is 25.7. The monoisotopic (exact) mass is 240 g/mol. The number of hydrogen-bond acceptors (Lipinski definition) is 3. The lowest BCUT2D eigenvalue weighted by Crippen LogP contribution is -2.43. The molecular weight excluding hydrogens is 224 g/mol. The summed E-state index contributed by atoms with van der Waals surface area (Å²) in [6, 6.07) is -0.207. The van der Waals surface area contributed by atoms with Crippen LogP contribution in [0, 0.1) is 17.3 Å². The molecule has 0 bridgehead atoms. The van der Waals surface area contributed by atoms with Crippen molar-refractivity contribution in [2.75, 3.05) is 0 Å². The van der Waals surface area contributed by atoms with Gasteiger partial charge in [-0.15, -0.1) is 0 Å². The van der Waals surface area contributed by atoms with Gasteiger partial charge in [0.2, 0.25) is 11.8 Å². The van der Waals surface area contributed by atoms with E-state index in [1.807, 2.05) is 20.8 Å². The Morgan fingerprint density at radius 1 is 1.44 bits per heavy atom. The maximum absolute atomic E-state index is 12.0. The molecule has 16 heavy (non-hydrogen) atoms. The van der Waals surface area contributed by atoms with Crippen LogP contribution >= 0.6 is 12.2 Å². The molecule has 0 aromatic rings. The number of nitrogens with zero attached hydrogens (tertiary/aromatic N) is 1. The number of rotatable bonds is 3. The first-order valence-electron chi connectivity index (χ1n) is 5.43. The summed E-state index contributed by atoms with van der Waals surface area (Å²) in [5, 5.41) is 0. The van der Waals surface area contributed by atoms with Gasteiger partial charge in [0.25, 0.3) is 0 Å². The van der Waals surface area contributed by atoms with Crippen LogP contribution in [0.4, 0.5) is 0 Å². The summed E-state index contributed by atoms with van der Waals surface area (Å²) in [6.45, 7) is 5.74. The third-order valence-electron chi connectivity index (χ3n) is 3.77. The van der Waals surface area contributed by atoms with Gasteiger partial charge < -0.3 is 5.73 Å². The van der Waals surface area contributed by atoms with Crippen molar-refractivity contribution in [3.05, 3.63) is 0 Å². The first-order chi connectivity index (χ1) is 7.28. The lowest BCUT2D eigenvalue weighted by molar-refractivity contribution is -0.145. The number of amides is 2. The van der Waals surface area contributed by atoms with E-state index < -0.39 is 0 Å². The summed E-state index contributed by atoms with van der Waals surface area (Å²) in [6.07, 6.45) is 0.409. The molecule has 2 aliphatic rings. The molecule has 4 nitrogen and oxygen atoms in total. The minimum Gasteiger partial charge on any atom is -0.393 e. The van der Waals surface area contributed by atoms with Crippen molar-refractivity contribution < 1.29 is 9.59 Å². The number of carbonyl (C=O) groups excluding carboxylic acids is 2. The van der Waals surface area contributed by atoms with Crippen molar-refractivity contribution in [2.45, 2.75) is 33.2 Å². The summed E-state index contributed by atoms with van der Waals surface area (Å²) in [5.41, 5.74) is 5.29. The number of piperidine rings is 1. The van der Waals surface area contributed by atoms with Gasteiger partial charge in [-0.2, -0.15) is 0 Å². The predicted octanol–water partition coefficient (Wildman–Crippen LogP) is 0.692. The number of nitrogens with two attached hydrogens (primary N) is 1. The second-order valence-corrected chi connectivity index (χ2v) is 5.87. The normalized spacial score (nSPS) is 32.6. The van der Waals surface area contributed by atoms with E-state index in [-0.39, 0.29) is 35.1 Å². The predicted molar refractivity (Wildman–Crippen MR) is 63.5 cm³/mol. The number of carbonyl (C=O) groups is 2. The highest BCUT2D eigenvalue weighted by Gasteiger charge is 2.72. The van der Waals surface area contributed by atoms with Gasteiger partial charge >= 0.3 is 0 Å². The van der Waals surface area contributed by atoms with E-state index >= 15 is 0 Å². The second-order valence-electron chi connectivity index (χ2n) is 5.34. The third kappa shape index (κ3) is 1.38. The van der Waals surface area contributed by atoms with Crippen molar-refractivity contribution in [3.63, 3.8) is 0 Å². The molecule has 0 aromatic carbocycles. The Labute approximate surface area is 100 Å². The van der Waals surface area contributed by atoms with Gasteiger partial charge in [0.15, 0.2) is 0 Å². The van der Waals surface area contributed by atoms with Crippen LogP contribution in [0.3, 0.4) is 0 Å². The molecule has 1 saturated heterocycles. The molecule has 5 heteroatoms. The standard InChI is InChI=1S/C11H16N2O2S/c1-5(4-6(12)16)13-9(14)7-8(10(13)15)11(7,2)3/h5,7-8H,4H2,1-3H3,(H2,12,16). The molecule has 3 atom stereocenters. The average molecular weight is 240 g/mol. The zero-order chi connectivity index (χ0) is 12.2. The van der Waals surface area contributed by atoms with Crippen molar-refractivity contribution in [3.8, 4) is 0 Å². The molecule has 0 aromatic heterocycles. The SMILES string of the molecule is CC(CC(N)=S)N1C(=O)C2C(C1=O)C2(C)C. The van der Waals surface area contributed by atoms with Crippen molar-refractivity contribution in [1.82, 2.24) is 4.90 Å². The van der Waals surface area contributed by atoms with Crippen molar-refractivity contribution >= 4 is 29.0 Å². The van der Waals surface area contributed by atoms with Crippen LogP contribution < -0.4 is 5.73 Å². The number of likely N-dealkylation sites (tertiary alicyclic amines) is 1. The molecule has 2 rings (SSSR count). The topological polar surface area (TPSA) is 63.4 Å². The molecule has 2 fully saturated rings. The van der Waals surface area contributed by atoms with Gasteiger partial charge in [-0.1, -0.05) is 26.1 Å². The Morgan fingerprint density at radius 3 is 2.25 bits per heavy atom. The fourth-order valence-electron chi connectivity index (χ4n) is 2.78. The Kier molecular flexibility index (Phi) is 2.35. The van der Waals surface area contributed by atoms with E-state index in [0.717, 1.165) is 0 Å². The lowest BCUT2D eigenvalue weighted by atomic mass is 10.0. The summed E-state index contributed by atoms with van der Waals surface area (Å²) in [5.74, 6) is -0.338. The molecule has 2 amide bonds. The fourth-order valence-corrected chi connectivity index (χ4v) is 3.03. The maximum Gasteiger partial charge on any atom is 0.233 e. The van der Waals surface area contributed by atoms with E-state index in [1.165, 1.54) is 4.90 Å². The molecule has 0 radical (unpaired) electrons. The van der Waals surface area contributed by atoms with Crippen LogP contribution in [-0.4, -0.2) is 27.7 Å². The van der Waals surface area contributed by atoms with Crippen LogP contribution in [0.1, 0.15) is 27.2 Å². The van der Waals surface area contributed by atoms with E-state index in [4.69, 9.17) is 18.0 Å². The fraction of sp³-hybridized carbons (Fsp3) is 0.727. The third-order valence-corrected chi connectivity index (χ3v) is 3.94. The van der Waals surface area contributed by atoms with Crippen LogP contribution in [0.25, 0.3) is 0 Å². The van der Waals surface area contributed by atoms with Crippen LogP contribution in [0.2, 0.25) is 0 Å². The number of fused-ring (bicyclic) bond motifs is 1. The maximum atomic E-state index is 12.0. The zero-order valence-electron chi connectivity index (χ0n) is 9.69. The van der Waals surface area contributed by atoms with E-state index in [0.29, 0.717) is 11.4 Å². The highest BCUT2D eigenvalue weighted by molar-refractivity contribution is 7.80. The smallest absolute Gasteiger partial charge is 0.233 e. The molecule has 1 saturated carbocycles. The average Bonchev–Trinajstić information content (AvgIpc) is 2.54. The Balaban J connectivity index is 2.14. The van der Waals surface area contributed by atoms with E-state index in [9.17, 15) is 9.59 Å². The second kappa shape index (κ2) is 3.26. The molecule has 2 N–H and O–H groups in total. The highest BCUT2D eigenvalue weighted by Crippen LogP contribution is 2.63. The lowest BCUT2D eigenvalue weighted by Gasteiger charge is -2.26. The molecule has 1 aliphatic carbocycles. The van der Waals surface area contributed by atoms with Crippen LogP contribution in [-0.2, 0) is 9.59 Å². The quantitative estimate of drug-likeness (QED) is 0.582. The Hall–Kier alpha value is -0.970. The largest absolute Gasteiger partial charge is 0.393 e. The highest BCUT2D eigenvalue weighted by atomic mass is 32.1. The zero-order valence-corrected chi connectivity index (χ0v) is 10.5. The van der Waals surface area contributed by atoms with Crippen LogP contribution in [0.5, 0.6) is 0 Å². The van der Waals surface area contributed by atoms with Crippen molar-refractivity contribution in [1.29, 1.82) is 0 Å². The summed E-state index contributed by atoms with van der Waals surface area (Å²) >= 11 is 4.80. The first-order valence-corrected chi connectivity index (χ1v) is 5.84. The van der Waals surface area contributed by atoms with Gasteiger partial charge in [0.1, 0.15) is 0 Å². The number of imide groups is 1.